The van der Waals surface area contributed by atoms with E-state index in [0.717, 1.165) is 32.8 Å². The molecule has 0 aromatic heterocycles. The van der Waals surface area contributed by atoms with E-state index in [1.165, 1.54) is 4.90 Å². The summed E-state index contributed by atoms with van der Waals surface area (Å²) >= 11 is 0. The molecule has 0 bridgehead atoms. The number of carbonyl (C=O) groups is 2. The fraction of sp³-hybridized carbons (Fsp3) is 0.462. The molecule has 0 radical (unpaired) electrons. The lowest BCUT2D eigenvalue weighted by Gasteiger charge is -2.32. The molecule has 0 unspecified atom stereocenters. The molecule has 0 heterocycles. The van der Waals surface area contributed by atoms with Crippen LogP contribution in [0.1, 0.15) is 43.0 Å². The van der Waals surface area contributed by atoms with Crippen LogP contribution in [-0.4, -0.2) is 50.5 Å². The monoisotopic (exact) mass is 487 g/mol. The Morgan fingerprint density at radius 2 is 1.65 bits per heavy atom. The lowest BCUT2D eigenvalue weighted by atomic mass is 10.1. The van der Waals surface area contributed by atoms with Gasteiger partial charge in [-0.05, 0) is 56.4 Å². The summed E-state index contributed by atoms with van der Waals surface area (Å²) in [4.78, 5) is 27.9. The van der Waals surface area contributed by atoms with Gasteiger partial charge in [0, 0.05) is 13.1 Å². The van der Waals surface area contributed by atoms with Crippen LogP contribution in [0.4, 0.5) is 5.69 Å². The Balaban J connectivity index is 2.41. The maximum absolute atomic E-state index is 13.6. The molecule has 2 rings (SSSR count). The molecular weight excluding hydrogens is 450 g/mol. The topological polar surface area (TPSA) is 86.8 Å². The SMILES string of the molecule is Cc1cccc(CN(C(=O)CN(c2cccc(C)c2C)S(C)(=O)=O)[C@H](C)C(=O)NCC(C)C)c1. The quantitative estimate of drug-likeness (QED) is 0.555. The van der Waals surface area contributed by atoms with E-state index in [2.05, 4.69) is 5.32 Å². The summed E-state index contributed by atoms with van der Waals surface area (Å²) in [5, 5.41) is 2.88. The van der Waals surface area contributed by atoms with E-state index >= 15 is 0 Å². The van der Waals surface area contributed by atoms with Gasteiger partial charge in [0.2, 0.25) is 21.8 Å². The molecule has 0 spiro atoms. The van der Waals surface area contributed by atoms with Crippen molar-refractivity contribution >= 4 is 27.5 Å². The maximum Gasteiger partial charge on any atom is 0.244 e. The summed E-state index contributed by atoms with van der Waals surface area (Å²) in [5.74, 6) is -0.450. The van der Waals surface area contributed by atoms with Crippen molar-refractivity contribution in [1.82, 2.24) is 10.2 Å². The number of sulfonamides is 1. The molecule has 0 saturated heterocycles. The number of hydrogen-bond acceptors (Lipinski definition) is 4. The molecule has 0 aliphatic heterocycles. The van der Waals surface area contributed by atoms with Gasteiger partial charge in [0.05, 0.1) is 11.9 Å². The van der Waals surface area contributed by atoms with Crippen LogP contribution in [0.3, 0.4) is 0 Å². The van der Waals surface area contributed by atoms with E-state index in [9.17, 15) is 18.0 Å². The minimum atomic E-state index is -3.75. The van der Waals surface area contributed by atoms with Gasteiger partial charge in [0.25, 0.3) is 0 Å². The molecule has 0 aliphatic rings. The zero-order valence-electron chi connectivity index (χ0n) is 21.3. The molecule has 2 amide bonds. The number of amides is 2. The Bertz CT molecular complexity index is 1130. The highest BCUT2D eigenvalue weighted by molar-refractivity contribution is 7.92. The first-order valence-corrected chi connectivity index (χ1v) is 13.3. The van der Waals surface area contributed by atoms with Gasteiger partial charge >= 0.3 is 0 Å². The van der Waals surface area contributed by atoms with Crippen LogP contribution in [-0.2, 0) is 26.2 Å². The Labute approximate surface area is 204 Å². The third-order valence-corrected chi connectivity index (χ3v) is 6.94. The number of hydrogen-bond donors (Lipinski definition) is 1. The van der Waals surface area contributed by atoms with E-state index in [-0.39, 0.29) is 18.4 Å². The average Bonchev–Trinajstić information content (AvgIpc) is 2.75. The molecule has 2 aromatic carbocycles. The third kappa shape index (κ3) is 7.32. The van der Waals surface area contributed by atoms with Crippen molar-refractivity contribution in [3.63, 3.8) is 0 Å². The second-order valence-corrected chi connectivity index (χ2v) is 11.2. The first-order valence-electron chi connectivity index (χ1n) is 11.5. The molecular formula is C26H37N3O4S. The summed E-state index contributed by atoms with van der Waals surface area (Å²) < 4.78 is 26.6. The molecule has 8 heteroatoms. The van der Waals surface area contributed by atoms with Crippen molar-refractivity contribution in [3.8, 4) is 0 Å². The molecule has 1 atom stereocenters. The van der Waals surface area contributed by atoms with Crippen LogP contribution in [0.15, 0.2) is 42.5 Å². The summed E-state index contributed by atoms with van der Waals surface area (Å²) in [6, 6.07) is 12.3. The summed E-state index contributed by atoms with van der Waals surface area (Å²) in [6.07, 6.45) is 1.09. The lowest BCUT2D eigenvalue weighted by molar-refractivity contribution is -0.139. The van der Waals surface area contributed by atoms with E-state index in [4.69, 9.17) is 0 Å². The molecule has 186 valence electrons. The third-order valence-electron chi connectivity index (χ3n) is 5.81. The molecule has 1 N–H and O–H groups in total. The van der Waals surface area contributed by atoms with Crippen LogP contribution in [0.25, 0.3) is 0 Å². The van der Waals surface area contributed by atoms with Crippen LogP contribution in [0.5, 0.6) is 0 Å². The zero-order chi connectivity index (χ0) is 25.6. The van der Waals surface area contributed by atoms with Crippen molar-refractivity contribution in [1.29, 1.82) is 0 Å². The Hall–Kier alpha value is -2.87. The minimum Gasteiger partial charge on any atom is -0.354 e. The van der Waals surface area contributed by atoms with Gasteiger partial charge < -0.3 is 10.2 Å². The van der Waals surface area contributed by atoms with Gasteiger partial charge in [0.15, 0.2) is 0 Å². The first kappa shape index (κ1) is 27.4. The number of anilines is 1. The number of aryl methyl sites for hydroxylation is 2. The maximum atomic E-state index is 13.6. The number of nitrogens with one attached hydrogen (secondary N) is 1. The lowest BCUT2D eigenvalue weighted by Crippen LogP contribution is -2.51. The standard InChI is InChI=1S/C26H37N3O4S/c1-18(2)15-27-26(31)22(6)28(16-23-12-8-10-19(3)14-23)25(30)17-29(34(7,32)33)24-13-9-11-20(4)21(24)5/h8-14,18,22H,15-17H2,1-7H3,(H,27,31)/t22-/m1/s1. The Kier molecular flexibility index (Phi) is 9.27. The highest BCUT2D eigenvalue weighted by atomic mass is 32.2. The fourth-order valence-electron chi connectivity index (χ4n) is 3.64. The number of nitrogens with zero attached hydrogens (tertiary/aromatic N) is 2. The van der Waals surface area contributed by atoms with Crippen LogP contribution in [0, 0.1) is 26.7 Å². The van der Waals surface area contributed by atoms with Crippen molar-refractivity contribution in [2.75, 3.05) is 23.7 Å². The van der Waals surface area contributed by atoms with E-state index in [0.29, 0.717) is 12.2 Å². The van der Waals surface area contributed by atoms with Crippen LogP contribution < -0.4 is 9.62 Å². The fourth-order valence-corrected chi connectivity index (χ4v) is 4.54. The van der Waals surface area contributed by atoms with Gasteiger partial charge in [-0.3, -0.25) is 13.9 Å². The minimum absolute atomic E-state index is 0.196. The van der Waals surface area contributed by atoms with Gasteiger partial charge in [0.1, 0.15) is 12.6 Å². The molecule has 2 aromatic rings. The van der Waals surface area contributed by atoms with Crippen molar-refractivity contribution in [2.45, 2.75) is 54.1 Å². The van der Waals surface area contributed by atoms with Gasteiger partial charge in [-0.15, -0.1) is 0 Å². The second kappa shape index (κ2) is 11.5. The normalized spacial score (nSPS) is 12.4. The molecule has 34 heavy (non-hydrogen) atoms. The summed E-state index contributed by atoms with van der Waals surface area (Å²) in [7, 11) is -3.75. The van der Waals surface area contributed by atoms with Crippen LogP contribution in [0.2, 0.25) is 0 Å². The number of carbonyl (C=O) groups excluding carboxylic acids is 2. The second-order valence-electron chi connectivity index (χ2n) is 9.31. The van der Waals surface area contributed by atoms with Gasteiger partial charge in [-0.1, -0.05) is 55.8 Å². The summed E-state index contributed by atoms with van der Waals surface area (Å²) in [5.41, 5.74) is 4.08. The van der Waals surface area contributed by atoms with Crippen molar-refractivity contribution in [2.24, 2.45) is 5.92 Å². The number of rotatable bonds is 10. The molecule has 0 aliphatic carbocycles. The Morgan fingerprint density at radius 1 is 1.00 bits per heavy atom. The van der Waals surface area contributed by atoms with Crippen LogP contribution >= 0.6 is 0 Å². The highest BCUT2D eigenvalue weighted by Gasteiger charge is 2.30. The zero-order valence-corrected chi connectivity index (χ0v) is 22.1. The Morgan fingerprint density at radius 3 is 2.24 bits per heavy atom. The number of benzene rings is 2. The van der Waals surface area contributed by atoms with Crippen molar-refractivity contribution < 1.29 is 18.0 Å². The predicted octanol–water partition coefficient (Wildman–Crippen LogP) is 3.57. The average molecular weight is 488 g/mol. The molecule has 0 fully saturated rings. The smallest absolute Gasteiger partial charge is 0.244 e. The van der Waals surface area contributed by atoms with Crippen molar-refractivity contribution in [3.05, 3.63) is 64.7 Å². The van der Waals surface area contributed by atoms with E-state index < -0.39 is 28.5 Å². The van der Waals surface area contributed by atoms with Gasteiger partial charge in [-0.2, -0.15) is 0 Å². The van der Waals surface area contributed by atoms with E-state index in [1.54, 1.807) is 19.1 Å². The van der Waals surface area contributed by atoms with Gasteiger partial charge in [-0.25, -0.2) is 8.42 Å². The highest BCUT2D eigenvalue weighted by Crippen LogP contribution is 2.25. The molecule has 0 saturated carbocycles. The molecule has 7 nitrogen and oxygen atoms in total. The summed E-state index contributed by atoms with van der Waals surface area (Å²) in [6.45, 7) is 11.6. The van der Waals surface area contributed by atoms with E-state index in [1.807, 2.05) is 65.0 Å². The first-order chi connectivity index (χ1) is 15.8. The largest absolute Gasteiger partial charge is 0.354 e. The predicted molar refractivity (Wildman–Crippen MR) is 137 cm³/mol.